The molecular formula is C19H23NO3. The van der Waals surface area contributed by atoms with Gasteiger partial charge in [0.25, 0.3) is 0 Å². The first-order valence-corrected chi connectivity index (χ1v) is 8.03. The number of piperidine rings is 1. The highest BCUT2D eigenvalue weighted by Gasteiger charge is 2.34. The zero-order chi connectivity index (χ0) is 16.1. The predicted molar refractivity (Wildman–Crippen MR) is 89.5 cm³/mol. The van der Waals surface area contributed by atoms with Crippen LogP contribution in [0, 0.1) is 0 Å². The minimum atomic E-state index is -0.814. The van der Waals surface area contributed by atoms with Crippen LogP contribution in [-0.2, 0) is 6.54 Å². The number of β-amino-alcohol motifs (C(OH)–C–C–N with tert-alkyl or cyclic N) is 1. The number of hydrogen-bond donors (Lipinski definition) is 2. The van der Waals surface area contributed by atoms with Gasteiger partial charge in [-0.05, 0) is 49.2 Å². The van der Waals surface area contributed by atoms with E-state index in [1.807, 2.05) is 42.5 Å². The van der Waals surface area contributed by atoms with Gasteiger partial charge in [0.1, 0.15) is 23.7 Å². The van der Waals surface area contributed by atoms with Crippen LogP contribution in [0.25, 0.3) is 0 Å². The number of aliphatic hydroxyl groups is 1. The Bertz CT molecular complexity index is 614. The van der Waals surface area contributed by atoms with Crippen LogP contribution in [0.2, 0.25) is 0 Å². The Morgan fingerprint density at radius 2 is 1.78 bits per heavy atom. The summed E-state index contributed by atoms with van der Waals surface area (Å²) >= 11 is 0. The normalized spacial score (nSPS) is 22.0. The highest BCUT2D eigenvalue weighted by Crippen LogP contribution is 2.24. The van der Waals surface area contributed by atoms with Crippen LogP contribution in [0.15, 0.2) is 54.6 Å². The maximum atomic E-state index is 10.8. The zero-order valence-corrected chi connectivity index (χ0v) is 13.2. The third-order valence-electron chi connectivity index (χ3n) is 4.23. The SMILES string of the molecule is Oc1ccc(CN2CCC[C@](O)(COc3ccccc3)C2)cc1. The smallest absolute Gasteiger partial charge is 0.119 e. The predicted octanol–water partition coefficient (Wildman–Crippen LogP) is 2.80. The van der Waals surface area contributed by atoms with Crippen LogP contribution >= 0.6 is 0 Å². The van der Waals surface area contributed by atoms with E-state index < -0.39 is 5.60 Å². The van der Waals surface area contributed by atoms with E-state index in [2.05, 4.69) is 4.90 Å². The second-order valence-electron chi connectivity index (χ2n) is 6.31. The number of rotatable bonds is 5. The molecule has 4 heteroatoms. The van der Waals surface area contributed by atoms with Crippen LogP contribution < -0.4 is 4.74 Å². The van der Waals surface area contributed by atoms with Gasteiger partial charge in [-0.15, -0.1) is 0 Å². The van der Waals surface area contributed by atoms with E-state index in [4.69, 9.17) is 4.74 Å². The van der Waals surface area contributed by atoms with Gasteiger partial charge in [0.15, 0.2) is 0 Å². The van der Waals surface area contributed by atoms with Crippen LogP contribution in [0.5, 0.6) is 11.5 Å². The summed E-state index contributed by atoms with van der Waals surface area (Å²) in [6.45, 7) is 2.65. The summed E-state index contributed by atoms with van der Waals surface area (Å²) in [4.78, 5) is 2.24. The topological polar surface area (TPSA) is 52.9 Å². The first-order chi connectivity index (χ1) is 11.1. The molecule has 1 fully saturated rings. The summed E-state index contributed by atoms with van der Waals surface area (Å²) in [5, 5.41) is 20.2. The van der Waals surface area contributed by atoms with Crippen molar-refractivity contribution in [2.75, 3.05) is 19.7 Å². The third-order valence-corrected chi connectivity index (χ3v) is 4.23. The number of nitrogens with zero attached hydrogens (tertiary/aromatic N) is 1. The lowest BCUT2D eigenvalue weighted by atomic mass is 9.93. The highest BCUT2D eigenvalue weighted by molar-refractivity contribution is 5.26. The van der Waals surface area contributed by atoms with Crippen molar-refractivity contribution in [1.29, 1.82) is 0 Å². The third kappa shape index (κ3) is 4.47. The van der Waals surface area contributed by atoms with Gasteiger partial charge in [-0.3, -0.25) is 4.90 Å². The molecular weight excluding hydrogens is 290 g/mol. The summed E-state index contributed by atoms with van der Waals surface area (Å²) in [7, 11) is 0. The molecule has 0 aromatic heterocycles. The molecule has 1 heterocycles. The minimum Gasteiger partial charge on any atom is -0.508 e. The molecule has 1 saturated heterocycles. The Morgan fingerprint density at radius 3 is 2.52 bits per heavy atom. The van der Waals surface area contributed by atoms with E-state index in [1.165, 1.54) is 0 Å². The van der Waals surface area contributed by atoms with Crippen LogP contribution in [0.1, 0.15) is 18.4 Å². The minimum absolute atomic E-state index is 0.278. The van der Waals surface area contributed by atoms with Gasteiger partial charge in [-0.25, -0.2) is 0 Å². The maximum Gasteiger partial charge on any atom is 0.119 e. The van der Waals surface area contributed by atoms with Crippen molar-refractivity contribution in [2.24, 2.45) is 0 Å². The van der Waals surface area contributed by atoms with Crippen molar-refractivity contribution in [3.05, 3.63) is 60.2 Å². The maximum absolute atomic E-state index is 10.8. The Kier molecular flexibility index (Phi) is 4.84. The number of phenolic OH excluding ortho intramolecular Hbond substituents is 1. The molecule has 0 saturated carbocycles. The second kappa shape index (κ2) is 7.02. The molecule has 1 aliphatic rings. The number of likely N-dealkylation sites (tertiary alicyclic amines) is 1. The number of para-hydroxylation sites is 1. The van der Waals surface area contributed by atoms with E-state index in [1.54, 1.807) is 12.1 Å². The Morgan fingerprint density at radius 1 is 1.04 bits per heavy atom. The lowest BCUT2D eigenvalue weighted by Crippen LogP contribution is -2.51. The molecule has 0 amide bonds. The molecule has 23 heavy (non-hydrogen) atoms. The molecule has 0 bridgehead atoms. The molecule has 1 aliphatic heterocycles. The Balaban J connectivity index is 1.57. The fraction of sp³-hybridized carbons (Fsp3) is 0.368. The van der Waals surface area contributed by atoms with Crippen molar-refractivity contribution in [3.63, 3.8) is 0 Å². The van der Waals surface area contributed by atoms with Gasteiger partial charge >= 0.3 is 0 Å². The van der Waals surface area contributed by atoms with Crippen molar-refractivity contribution in [2.45, 2.75) is 25.0 Å². The highest BCUT2D eigenvalue weighted by atomic mass is 16.5. The molecule has 3 rings (SSSR count). The average Bonchev–Trinajstić information content (AvgIpc) is 2.56. The molecule has 122 valence electrons. The fourth-order valence-electron chi connectivity index (χ4n) is 3.05. The van der Waals surface area contributed by atoms with Gasteiger partial charge in [-0.2, -0.15) is 0 Å². The fourth-order valence-corrected chi connectivity index (χ4v) is 3.05. The summed E-state index contributed by atoms with van der Waals surface area (Å²) in [6.07, 6.45) is 1.71. The number of hydrogen-bond acceptors (Lipinski definition) is 4. The first kappa shape index (κ1) is 15.8. The summed E-state index contributed by atoms with van der Waals surface area (Å²) in [5.41, 5.74) is 0.321. The second-order valence-corrected chi connectivity index (χ2v) is 6.31. The molecule has 0 radical (unpaired) electrons. The molecule has 4 nitrogen and oxygen atoms in total. The summed E-state index contributed by atoms with van der Waals surface area (Å²) in [6, 6.07) is 16.8. The number of ether oxygens (including phenoxy) is 1. The molecule has 2 N–H and O–H groups in total. The average molecular weight is 313 g/mol. The summed E-state index contributed by atoms with van der Waals surface area (Å²) < 4.78 is 5.75. The largest absolute Gasteiger partial charge is 0.508 e. The van der Waals surface area contributed by atoms with Crippen LogP contribution in [0.4, 0.5) is 0 Å². The zero-order valence-electron chi connectivity index (χ0n) is 13.2. The van der Waals surface area contributed by atoms with Crippen LogP contribution in [-0.4, -0.2) is 40.4 Å². The van der Waals surface area contributed by atoms with E-state index in [0.29, 0.717) is 13.2 Å². The van der Waals surface area contributed by atoms with Crippen molar-refractivity contribution >= 4 is 0 Å². The number of benzene rings is 2. The molecule has 0 spiro atoms. The lowest BCUT2D eigenvalue weighted by Gasteiger charge is -2.39. The van der Waals surface area contributed by atoms with Crippen molar-refractivity contribution in [1.82, 2.24) is 4.90 Å². The molecule has 1 atom stereocenters. The van der Waals surface area contributed by atoms with Crippen molar-refractivity contribution in [3.8, 4) is 11.5 Å². The van der Waals surface area contributed by atoms with Crippen molar-refractivity contribution < 1.29 is 14.9 Å². The number of aromatic hydroxyl groups is 1. The van der Waals surface area contributed by atoms with Gasteiger partial charge in [0.05, 0.1) is 0 Å². The molecule has 2 aromatic rings. The Hall–Kier alpha value is -2.04. The standard InChI is InChI=1S/C19H23NO3/c21-17-9-7-16(8-10-17)13-20-12-4-11-19(22,14-20)15-23-18-5-2-1-3-6-18/h1-3,5-10,21-22H,4,11-15H2/t19-/m1/s1. The summed E-state index contributed by atoms with van der Waals surface area (Å²) in [5.74, 6) is 1.07. The molecule has 0 unspecified atom stereocenters. The Labute approximate surface area is 136 Å². The monoisotopic (exact) mass is 313 g/mol. The molecule has 2 aromatic carbocycles. The molecule has 0 aliphatic carbocycles. The lowest BCUT2D eigenvalue weighted by molar-refractivity contribution is -0.0621. The van der Waals surface area contributed by atoms with Crippen LogP contribution in [0.3, 0.4) is 0 Å². The quantitative estimate of drug-likeness (QED) is 0.891. The van der Waals surface area contributed by atoms with E-state index in [0.717, 1.165) is 37.2 Å². The van der Waals surface area contributed by atoms with Gasteiger partial charge in [0, 0.05) is 13.1 Å². The van der Waals surface area contributed by atoms with Gasteiger partial charge in [0.2, 0.25) is 0 Å². The van der Waals surface area contributed by atoms with Gasteiger partial charge < -0.3 is 14.9 Å². The number of phenols is 1. The van der Waals surface area contributed by atoms with Gasteiger partial charge in [-0.1, -0.05) is 30.3 Å². The van der Waals surface area contributed by atoms with E-state index in [-0.39, 0.29) is 5.75 Å². The van der Waals surface area contributed by atoms with E-state index in [9.17, 15) is 10.2 Å². The first-order valence-electron chi connectivity index (χ1n) is 8.03. The van der Waals surface area contributed by atoms with E-state index >= 15 is 0 Å².